The van der Waals surface area contributed by atoms with Gasteiger partial charge in [0.1, 0.15) is 0 Å². The summed E-state index contributed by atoms with van der Waals surface area (Å²) in [6.07, 6.45) is 25.1. The molecule has 0 aromatic rings. The summed E-state index contributed by atoms with van der Waals surface area (Å²) >= 11 is 0. The van der Waals surface area contributed by atoms with Crippen LogP contribution < -0.4 is 51.4 Å². The number of hydroxylamine groups is 1. The first-order valence-corrected chi connectivity index (χ1v) is 10.2. The zero-order valence-electron chi connectivity index (χ0n) is 16.3. The molecule has 0 aromatic carbocycles. The van der Waals surface area contributed by atoms with E-state index in [-0.39, 0.29) is 51.4 Å². The minimum atomic E-state index is 0. The molecule has 134 valence electrons. The summed E-state index contributed by atoms with van der Waals surface area (Å²) in [5.41, 5.74) is 3.15. The van der Waals surface area contributed by atoms with Crippen molar-refractivity contribution in [1.82, 2.24) is 0 Å². The van der Waals surface area contributed by atoms with Gasteiger partial charge in [0.2, 0.25) is 0 Å². The van der Waals surface area contributed by atoms with Crippen molar-refractivity contribution in [3.05, 3.63) is 5.48 Å². The van der Waals surface area contributed by atoms with Crippen LogP contribution >= 0.6 is 0 Å². The van der Waals surface area contributed by atoms with E-state index in [1.54, 1.807) is 0 Å². The van der Waals surface area contributed by atoms with Gasteiger partial charge in [-0.25, -0.2) is 0 Å². The van der Waals surface area contributed by atoms with Crippen LogP contribution in [0.5, 0.6) is 0 Å². The molecular formula is C20H42KNO. The largest absolute Gasteiger partial charge is 1.00 e. The van der Waals surface area contributed by atoms with E-state index in [2.05, 4.69) is 12.4 Å². The Morgan fingerprint density at radius 3 is 1.00 bits per heavy atom. The third-order valence-corrected chi connectivity index (χ3v) is 4.61. The minimum Gasteiger partial charge on any atom is -0.538 e. The van der Waals surface area contributed by atoms with E-state index in [0.717, 1.165) is 6.42 Å². The molecule has 0 unspecified atom stereocenters. The molecule has 0 spiro atoms. The van der Waals surface area contributed by atoms with Gasteiger partial charge in [0, 0.05) is 0 Å². The summed E-state index contributed by atoms with van der Waals surface area (Å²) in [7, 11) is 0. The molecule has 3 heteroatoms. The molecule has 0 atom stereocenters. The van der Waals surface area contributed by atoms with Gasteiger partial charge in [0.05, 0.1) is 0 Å². The smallest absolute Gasteiger partial charge is 0.538 e. The van der Waals surface area contributed by atoms with Crippen molar-refractivity contribution >= 4 is 0 Å². The van der Waals surface area contributed by atoms with Crippen LogP contribution in [0.15, 0.2) is 0 Å². The molecule has 0 amide bonds. The second kappa shape index (κ2) is 25.8. The normalized spacial score (nSPS) is 10.7. The van der Waals surface area contributed by atoms with E-state index < -0.39 is 0 Å². The Morgan fingerprint density at radius 2 is 0.739 bits per heavy atom. The number of rotatable bonds is 19. The molecule has 0 radical (unpaired) electrons. The van der Waals surface area contributed by atoms with Crippen LogP contribution in [-0.4, -0.2) is 11.8 Å². The van der Waals surface area contributed by atoms with E-state index in [9.17, 15) is 0 Å². The molecule has 0 saturated heterocycles. The predicted molar refractivity (Wildman–Crippen MR) is 98.8 cm³/mol. The first kappa shape index (κ1) is 26.8. The summed E-state index contributed by atoms with van der Waals surface area (Å²) in [5.74, 6) is 0. The molecule has 23 heavy (non-hydrogen) atoms. The number of nitrogens with zero attached hydrogens (tertiary/aromatic N) is 1. The molecule has 0 heterocycles. The van der Waals surface area contributed by atoms with Gasteiger partial charge in [0.25, 0.3) is 0 Å². The zero-order valence-corrected chi connectivity index (χ0v) is 19.5. The van der Waals surface area contributed by atoms with Crippen LogP contribution in [0, 0.1) is 0 Å². The second-order valence-electron chi connectivity index (χ2n) is 6.88. The molecule has 0 bridgehead atoms. The van der Waals surface area contributed by atoms with Gasteiger partial charge < -0.3 is 10.7 Å². The van der Waals surface area contributed by atoms with E-state index in [1.807, 2.05) is 0 Å². The van der Waals surface area contributed by atoms with E-state index in [4.69, 9.17) is 5.21 Å². The van der Waals surface area contributed by atoms with Crippen molar-refractivity contribution in [3.63, 3.8) is 0 Å². The van der Waals surface area contributed by atoms with Crippen LogP contribution in [0.2, 0.25) is 0 Å². The van der Waals surface area contributed by atoms with Gasteiger partial charge in [-0.05, 0) is 0 Å². The van der Waals surface area contributed by atoms with Crippen molar-refractivity contribution < 1.29 is 56.6 Å². The predicted octanol–water partition coefficient (Wildman–Crippen LogP) is 4.80. The Bertz CT molecular complexity index is 170. The Balaban J connectivity index is 0. The van der Waals surface area contributed by atoms with E-state index >= 15 is 0 Å². The standard InChI is InChI=1S/C20H42NO.K/c1-2-3-4-5-6-7-8-9-10-11-12-13-14-15-16-17-18-19-20-21-22;/h22H,2-20H2,1H3;/q-1;+1. The Morgan fingerprint density at radius 1 is 0.478 bits per heavy atom. The number of hydrogen-bond acceptors (Lipinski definition) is 1. The van der Waals surface area contributed by atoms with Gasteiger partial charge in [-0.1, -0.05) is 122 Å². The van der Waals surface area contributed by atoms with Gasteiger partial charge in [0.15, 0.2) is 0 Å². The molecule has 0 aliphatic heterocycles. The summed E-state index contributed by atoms with van der Waals surface area (Å²) in [6.45, 7) is 2.91. The minimum absolute atomic E-state index is 0. The summed E-state index contributed by atoms with van der Waals surface area (Å²) in [4.78, 5) is 0. The third-order valence-electron chi connectivity index (χ3n) is 4.61. The molecule has 2 nitrogen and oxygen atoms in total. The van der Waals surface area contributed by atoms with E-state index in [1.165, 1.54) is 109 Å². The first-order valence-electron chi connectivity index (χ1n) is 10.2. The van der Waals surface area contributed by atoms with Crippen molar-refractivity contribution in [1.29, 1.82) is 0 Å². The van der Waals surface area contributed by atoms with Crippen molar-refractivity contribution in [2.45, 2.75) is 122 Å². The Hall–Kier alpha value is 1.56. The van der Waals surface area contributed by atoms with Crippen LogP contribution in [0.3, 0.4) is 0 Å². The maximum atomic E-state index is 8.33. The van der Waals surface area contributed by atoms with Crippen LogP contribution in [0.25, 0.3) is 5.48 Å². The first-order chi connectivity index (χ1) is 10.9. The topological polar surface area (TPSA) is 34.3 Å². The van der Waals surface area contributed by atoms with Crippen LogP contribution in [0.4, 0.5) is 0 Å². The molecule has 0 aromatic heterocycles. The third kappa shape index (κ3) is 25.9. The fourth-order valence-corrected chi connectivity index (χ4v) is 3.08. The molecule has 1 N–H and O–H groups in total. The molecule has 0 aliphatic carbocycles. The Labute approximate surface area is 189 Å². The molecule has 0 rings (SSSR count). The zero-order chi connectivity index (χ0) is 16.1. The van der Waals surface area contributed by atoms with Crippen LogP contribution in [0.1, 0.15) is 122 Å². The Kier molecular flexibility index (Phi) is 30.0. The molecular weight excluding hydrogens is 309 g/mol. The fourth-order valence-electron chi connectivity index (χ4n) is 3.08. The molecule has 0 saturated carbocycles. The van der Waals surface area contributed by atoms with Gasteiger partial charge in [-0.2, -0.15) is 0 Å². The molecule has 0 fully saturated rings. The summed E-state index contributed by atoms with van der Waals surface area (Å²) < 4.78 is 0. The second-order valence-corrected chi connectivity index (χ2v) is 6.88. The number of unbranched alkanes of at least 4 members (excludes halogenated alkanes) is 17. The fraction of sp³-hybridized carbons (Fsp3) is 1.00. The number of hydrogen-bond donors (Lipinski definition) is 1. The van der Waals surface area contributed by atoms with Crippen LogP contribution in [-0.2, 0) is 0 Å². The monoisotopic (exact) mass is 351 g/mol. The maximum Gasteiger partial charge on any atom is 1.00 e. The van der Waals surface area contributed by atoms with E-state index in [0.29, 0.717) is 6.54 Å². The summed E-state index contributed by atoms with van der Waals surface area (Å²) in [5, 5.41) is 8.33. The molecule has 0 aliphatic rings. The average molecular weight is 352 g/mol. The van der Waals surface area contributed by atoms with Gasteiger partial charge >= 0.3 is 51.4 Å². The summed E-state index contributed by atoms with van der Waals surface area (Å²) in [6, 6.07) is 0. The van der Waals surface area contributed by atoms with Gasteiger partial charge in [-0.3, -0.25) is 0 Å². The van der Waals surface area contributed by atoms with Gasteiger partial charge in [-0.15, -0.1) is 6.54 Å². The van der Waals surface area contributed by atoms with Crippen molar-refractivity contribution in [2.75, 3.05) is 6.54 Å². The average Bonchev–Trinajstić information content (AvgIpc) is 2.54. The van der Waals surface area contributed by atoms with Crippen molar-refractivity contribution in [2.24, 2.45) is 0 Å². The maximum absolute atomic E-state index is 8.33. The van der Waals surface area contributed by atoms with Crippen molar-refractivity contribution in [3.8, 4) is 0 Å². The SMILES string of the molecule is CCCCCCCCCCCCCCCCCCCC[N-]O.[K+]. The quantitative estimate of drug-likeness (QED) is 0.202.